The highest BCUT2D eigenvalue weighted by molar-refractivity contribution is 7.13. The lowest BCUT2D eigenvalue weighted by Crippen LogP contribution is -2.10. The summed E-state index contributed by atoms with van der Waals surface area (Å²) in [6.45, 7) is 0. The molecule has 0 saturated carbocycles. The van der Waals surface area contributed by atoms with Crippen LogP contribution in [0.25, 0.3) is 10.6 Å². The van der Waals surface area contributed by atoms with Gasteiger partial charge in [-0.25, -0.2) is 0 Å². The quantitative estimate of drug-likeness (QED) is 0.633. The van der Waals surface area contributed by atoms with Crippen molar-refractivity contribution in [2.45, 2.75) is 6.18 Å². The molecule has 2 aromatic heterocycles. The number of benzene rings is 1. The maximum Gasteiger partial charge on any atom is 0.433 e. The van der Waals surface area contributed by atoms with Crippen molar-refractivity contribution in [2.24, 2.45) is 0 Å². The Bertz CT molecular complexity index is 847. The fourth-order valence-electron chi connectivity index (χ4n) is 1.89. The number of alkyl halides is 3. The molecule has 0 radical (unpaired) electrons. The predicted octanol–water partition coefficient (Wildman–Crippen LogP) is 4.83. The third kappa shape index (κ3) is 3.60. The highest BCUT2D eigenvalue weighted by Gasteiger charge is 2.34. The molecule has 0 unspecified atom stereocenters. The third-order valence-electron chi connectivity index (χ3n) is 3.00. The minimum Gasteiger partial charge on any atom is -0.424 e. The van der Waals surface area contributed by atoms with Gasteiger partial charge in [0.1, 0.15) is 12.0 Å². The van der Waals surface area contributed by atoms with E-state index in [-0.39, 0.29) is 11.4 Å². The Labute approximate surface area is 138 Å². The zero-order valence-corrected chi connectivity index (χ0v) is 12.8. The number of halogens is 3. The largest absolute Gasteiger partial charge is 0.433 e. The second-order valence-corrected chi connectivity index (χ2v) is 5.63. The van der Waals surface area contributed by atoms with Crippen LogP contribution in [0.5, 0.6) is 11.8 Å². The normalized spacial score (nSPS) is 11.3. The van der Waals surface area contributed by atoms with Gasteiger partial charge in [0.25, 0.3) is 0 Å². The number of carbonyl (C=O) groups excluding carboxylic acids is 1. The van der Waals surface area contributed by atoms with Crippen molar-refractivity contribution >= 4 is 17.6 Å². The average Bonchev–Trinajstić information content (AvgIpc) is 3.09. The lowest BCUT2D eigenvalue weighted by atomic mass is 10.2. The molecular formula is C16H9F3N2O2S. The zero-order chi connectivity index (χ0) is 17.2. The molecule has 4 nitrogen and oxygen atoms in total. The number of aromatic nitrogens is 2. The number of hydrogen-bond donors (Lipinski definition) is 0. The first-order valence-electron chi connectivity index (χ1n) is 6.69. The zero-order valence-electron chi connectivity index (χ0n) is 11.9. The molecule has 0 spiro atoms. The van der Waals surface area contributed by atoms with Gasteiger partial charge in [-0.1, -0.05) is 6.07 Å². The van der Waals surface area contributed by atoms with Gasteiger partial charge in [0.2, 0.25) is 0 Å². The van der Waals surface area contributed by atoms with E-state index in [2.05, 4.69) is 9.97 Å². The number of aldehydes is 1. The smallest absolute Gasteiger partial charge is 0.424 e. The molecule has 8 heteroatoms. The van der Waals surface area contributed by atoms with Crippen LogP contribution in [0.1, 0.15) is 16.1 Å². The molecule has 0 fully saturated rings. The monoisotopic (exact) mass is 350 g/mol. The van der Waals surface area contributed by atoms with E-state index in [1.54, 1.807) is 17.5 Å². The lowest BCUT2D eigenvalue weighted by Gasteiger charge is -2.10. The Kier molecular flexibility index (Phi) is 4.30. The van der Waals surface area contributed by atoms with Gasteiger partial charge in [0, 0.05) is 5.56 Å². The average molecular weight is 350 g/mol. The van der Waals surface area contributed by atoms with Gasteiger partial charge >= 0.3 is 12.2 Å². The summed E-state index contributed by atoms with van der Waals surface area (Å²) in [6.07, 6.45) is -3.96. The number of carbonyl (C=O) groups is 1. The maximum atomic E-state index is 13.0. The van der Waals surface area contributed by atoms with Crippen LogP contribution in [0.2, 0.25) is 0 Å². The van der Waals surface area contributed by atoms with Gasteiger partial charge in [-0.3, -0.25) is 4.79 Å². The summed E-state index contributed by atoms with van der Waals surface area (Å²) >= 11 is 1.26. The Balaban J connectivity index is 1.99. The molecule has 0 aliphatic rings. The van der Waals surface area contributed by atoms with Gasteiger partial charge in [-0.15, -0.1) is 11.3 Å². The second-order valence-electron chi connectivity index (χ2n) is 4.69. The Morgan fingerprint density at radius 1 is 1.08 bits per heavy atom. The van der Waals surface area contributed by atoms with Crippen LogP contribution < -0.4 is 4.74 Å². The van der Waals surface area contributed by atoms with Gasteiger partial charge in [-0.05, 0) is 41.8 Å². The summed E-state index contributed by atoms with van der Waals surface area (Å²) in [4.78, 5) is 18.7. The molecule has 0 atom stereocenters. The lowest BCUT2D eigenvalue weighted by molar-refractivity contribution is -0.141. The van der Waals surface area contributed by atoms with E-state index in [0.29, 0.717) is 16.7 Å². The molecule has 0 bridgehead atoms. The first-order valence-corrected chi connectivity index (χ1v) is 7.57. The van der Waals surface area contributed by atoms with E-state index in [0.717, 1.165) is 6.07 Å². The van der Waals surface area contributed by atoms with Crippen molar-refractivity contribution in [3.63, 3.8) is 0 Å². The molecule has 3 aromatic rings. The number of nitrogens with zero attached hydrogens (tertiary/aromatic N) is 2. The van der Waals surface area contributed by atoms with Crippen LogP contribution in [-0.2, 0) is 6.18 Å². The SMILES string of the molecule is O=Cc1ccc(Oc2nc(-c3cccs3)cc(C(F)(F)F)n2)cc1. The van der Waals surface area contributed by atoms with Crippen molar-refractivity contribution in [3.8, 4) is 22.3 Å². The summed E-state index contributed by atoms with van der Waals surface area (Å²) < 4.78 is 44.5. The molecule has 0 saturated heterocycles. The minimum atomic E-state index is -4.62. The summed E-state index contributed by atoms with van der Waals surface area (Å²) in [5.41, 5.74) is -0.529. The number of rotatable bonds is 4. The van der Waals surface area contributed by atoms with Gasteiger partial charge in [-0.2, -0.15) is 23.1 Å². The Morgan fingerprint density at radius 3 is 2.42 bits per heavy atom. The van der Waals surface area contributed by atoms with Crippen LogP contribution in [-0.4, -0.2) is 16.3 Å². The van der Waals surface area contributed by atoms with Crippen LogP contribution in [0.15, 0.2) is 47.8 Å². The van der Waals surface area contributed by atoms with E-state index in [1.165, 1.54) is 35.6 Å². The molecule has 0 amide bonds. The molecule has 0 aliphatic carbocycles. The standard InChI is InChI=1S/C16H9F3N2O2S/c17-16(18,19)14-8-12(13-2-1-7-24-13)20-15(21-14)23-11-5-3-10(9-22)4-6-11/h1-9H. The van der Waals surface area contributed by atoms with Crippen molar-refractivity contribution in [1.82, 2.24) is 9.97 Å². The Hall–Kier alpha value is -2.74. The Morgan fingerprint density at radius 2 is 1.83 bits per heavy atom. The van der Waals surface area contributed by atoms with E-state index in [9.17, 15) is 18.0 Å². The van der Waals surface area contributed by atoms with Crippen molar-refractivity contribution in [3.05, 3.63) is 59.1 Å². The van der Waals surface area contributed by atoms with E-state index in [4.69, 9.17) is 4.74 Å². The molecular weight excluding hydrogens is 341 g/mol. The van der Waals surface area contributed by atoms with E-state index >= 15 is 0 Å². The van der Waals surface area contributed by atoms with Crippen molar-refractivity contribution in [1.29, 1.82) is 0 Å². The molecule has 2 heterocycles. The third-order valence-corrected chi connectivity index (χ3v) is 3.89. The van der Waals surface area contributed by atoms with Crippen LogP contribution in [0, 0.1) is 0 Å². The molecule has 1 aromatic carbocycles. The summed E-state index contributed by atoms with van der Waals surface area (Å²) in [7, 11) is 0. The first-order chi connectivity index (χ1) is 11.5. The fourth-order valence-corrected chi connectivity index (χ4v) is 2.57. The predicted molar refractivity (Wildman–Crippen MR) is 82.3 cm³/mol. The van der Waals surface area contributed by atoms with E-state index in [1.807, 2.05) is 0 Å². The number of ether oxygens (including phenoxy) is 1. The molecule has 3 rings (SSSR count). The highest BCUT2D eigenvalue weighted by atomic mass is 32.1. The fraction of sp³-hybridized carbons (Fsp3) is 0.0625. The maximum absolute atomic E-state index is 13.0. The topological polar surface area (TPSA) is 52.1 Å². The van der Waals surface area contributed by atoms with E-state index < -0.39 is 17.9 Å². The molecule has 0 N–H and O–H groups in total. The second kappa shape index (κ2) is 6.40. The van der Waals surface area contributed by atoms with Crippen LogP contribution in [0.4, 0.5) is 13.2 Å². The molecule has 24 heavy (non-hydrogen) atoms. The van der Waals surface area contributed by atoms with Gasteiger partial charge in [0.05, 0.1) is 10.6 Å². The summed E-state index contributed by atoms with van der Waals surface area (Å²) in [5.74, 6) is 0.233. The minimum absolute atomic E-state index is 0.131. The van der Waals surface area contributed by atoms with Crippen LogP contribution in [0.3, 0.4) is 0 Å². The number of hydrogen-bond acceptors (Lipinski definition) is 5. The van der Waals surface area contributed by atoms with Crippen LogP contribution >= 0.6 is 11.3 Å². The van der Waals surface area contributed by atoms with Crippen molar-refractivity contribution < 1.29 is 22.7 Å². The highest BCUT2D eigenvalue weighted by Crippen LogP contribution is 2.33. The molecule has 122 valence electrons. The van der Waals surface area contributed by atoms with Gasteiger partial charge < -0.3 is 4.74 Å². The number of thiophene rings is 1. The first kappa shape index (κ1) is 16.1. The summed E-state index contributed by atoms with van der Waals surface area (Å²) in [5, 5.41) is 1.74. The summed E-state index contributed by atoms with van der Waals surface area (Å²) in [6, 6.07) is 9.73. The van der Waals surface area contributed by atoms with Crippen molar-refractivity contribution in [2.75, 3.05) is 0 Å². The van der Waals surface area contributed by atoms with Gasteiger partial charge in [0.15, 0.2) is 5.69 Å². The molecule has 0 aliphatic heterocycles.